The Kier molecular flexibility index (Phi) is 11.3. The zero-order chi connectivity index (χ0) is 15.4. The Bertz CT molecular complexity index is 351. The van der Waals surface area contributed by atoms with Crippen LogP contribution in [-0.2, 0) is 0 Å². The van der Waals surface area contributed by atoms with Crippen LogP contribution in [0.5, 0.6) is 0 Å². The first-order chi connectivity index (χ1) is 10.2. The summed E-state index contributed by atoms with van der Waals surface area (Å²) in [4.78, 5) is 0. The molecule has 0 fully saturated rings. The summed E-state index contributed by atoms with van der Waals surface area (Å²) in [7, 11) is 13.3. The third-order valence-corrected chi connectivity index (χ3v) is 13.3. The van der Waals surface area contributed by atoms with E-state index in [-0.39, 0.29) is 0 Å². The summed E-state index contributed by atoms with van der Waals surface area (Å²) in [5.74, 6) is 0. The van der Waals surface area contributed by atoms with Crippen LogP contribution in [-0.4, -0.2) is 15.9 Å². The van der Waals surface area contributed by atoms with Crippen molar-refractivity contribution in [2.75, 3.05) is 0 Å². The van der Waals surface area contributed by atoms with Crippen LogP contribution in [0.3, 0.4) is 0 Å². The minimum atomic E-state index is -2.78. The van der Waals surface area contributed by atoms with Gasteiger partial charge in [-0.1, -0.05) is 0 Å². The van der Waals surface area contributed by atoms with Crippen molar-refractivity contribution >= 4 is 37.5 Å². The van der Waals surface area contributed by atoms with Crippen molar-refractivity contribution in [3.8, 4) is 0 Å². The molecule has 0 N–H and O–H groups in total. The Morgan fingerprint density at radius 3 is 1.71 bits per heavy atom. The number of benzene rings is 1. The average Bonchev–Trinajstić information content (AvgIpc) is 2.50. The molecule has 0 saturated heterocycles. The van der Waals surface area contributed by atoms with E-state index < -0.39 is 15.9 Å². The third kappa shape index (κ3) is 9.35. The number of unbranched alkanes of at least 4 members (excludes halogenated alkanes) is 9. The fraction of sp³-hybridized carbons (Fsp3) is 0.667. The Morgan fingerprint density at radius 1 is 0.714 bits per heavy atom. The molecule has 0 bridgehead atoms. The van der Waals surface area contributed by atoms with E-state index >= 15 is 0 Å². The van der Waals surface area contributed by atoms with Crippen molar-refractivity contribution in [3.05, 3.63) is 30.3 Å². The van der Waals surface area contributed by atoms with Crippen LogP contribution in [0.15, 0.2) is 30.3 Å². The molecule has 0 aliphatic carbocycles. The molecule has 0 aliphatic rings. The maximum atomic E-state index is 6.63. The van der Waals surface area contributed by atoms with Gasteiger partial charge in [-0.3, -0.25) is 0 Å². The molecule has 0 heterocycles. The van der Waals surface area contributed by atoms with Gasteiger partial charge in [0.1, 0.15) is 0 Å². The molecule has 0 amide bonds. The Hall–Kier alpha value is 0.590. The molecule has 0 unspecified atom stereocenters. The van der Waals surface area contributed by atoms with Gasteiger partial charge in [0, 0.05) is 0 Å². The first-order valence-corrected chi connectivity index (χ1v) is 17.1. The zero-order valence-electron chi connectivity index (χ0n) is 13.3. The van der Waals surface area contributed by atoms with Gasteiger partial charge in [0.2, 0.25) is 0 Å². The first kappa shape index (κ1) is 19.6. The van der Waals surface area contributed by atoms with Gasteiger partial charge in [0.25, 0.3) is 0 Å². The molecule has 0 saturated carbocycles. The van der Waals surface area contributed by atoms with Crippen LogP contribution in [0.4, 0.5) is 0 Å². The normalized spacial score (nSPS) is 12.5. The molecule has 122 valence electrons. The van der Waals surface area contributed by atoms with Gasteiger partial charge in [-0.2, -0.15) is 0 Å². The second-order valence-corrected chi connectivity index (χ2v) is 19.7. The van der Waals surface area contributed by atoms with E-state index in [2.05, 4.69) is 19.1 Å². The average molecular weight is 445 g/mol. The second kappa shape index (κ2) is 12.1. The summed E-state index contributed by atoms with van der Waals surface area (Å²) in [5, 5.41) is 0. The molecule has 0 nitrogen and oxygen atoms in total. The number of hydrogen-bond donors (Lipinski definition) is 0. The van der Waals surface area contributed by atoms with E-state index in [1.807, 2.05) is 18.2 Å². The Labute approximate surface area is 142 Å². The summed E-state index contributed by atoms with van der Waals surface area (Å²) in [6.07, 6.45) is 13.6. The molecule has 1 aromatic rings. The van der Waals surface area contributed by atoms with Gasteiger partial charge in [0.05, 0.1) is 0 Å². The summed E-state index contributed by atoms with van der Waals surface area (Å²) in [5.41, 5.74) is 0. The summed E-state index contributed by atoms with van der Waals surface area (Å²) >= 11 is -2.78. The molecule has 0 radical (unpaired) electrons. The van der Waals surface area contributed by atoms with Crippen LogP contribution in [0.1, 0.15) is 71.1 Å². The van der Waals surface area contributed by atoms with Crippen LogP contribution in [0, 0.1) is 0 Å². The predicted molar refractivity (Wildman–Crippen MR) is 100 cm³/mol. The first-order valence-electron chi connectivity index (χ1n) is 8.42. The minimum absolute atomic E-state index is 1.03. The molecule has 0 aromatic heterocycles. The van der Waals surface area contributed by atoms with Crippen LogP contribution >= 0.6 is 17.9 Å². The number of hydrogen-bond acceptors (Lipinski definition) is 0. The van der Waals surface area contributed by atoms with E-state index in [4.69, 9.17) is 17.9 Å². The Balaban J connectivity index is 2.01. The molecular weight excluding hydrogens is 415 g/mol. The third-order valence-electron chi connectivity index (χ3n) is 3.84. The molecule has 1 rings (SSSR count). The van der Waals surface area contributed by atoms with Crippen molar-refractivity contribution in [3.63, 3.8) is 0 Å². The molecule has 0 atom stereocenters. The molecule has 3 heteroatoms. The fourth-order valence-corrected chi connectivity index (χ4v) is 9.23. The predicted octanol–water partition coefficient (Wildman–Crippen LogP) is 6.73. The van der Waals surface area contributed by atoms with Gasteiger partial charge < -0.3 is 0 Å². The molecule has 21 heavy (non-hydrogen) atoms. The van der Waals surface area contributed by atoms with E-state index in [0.717, 1.165) is 4.47 Å². The van der Waals surface area contributed by atoms with Crippen molar-refractivity contribution in [2.24, 2.45) is 0 Å². The summed E-state index contributed by atoms with van der Waals surface area (Å²) < 4.78 is 2.24. The Morgan fingerprint density at radius 2 is 1.19 bits per heavy atom. The fourth-order valence-electron chi connectivity index (χ4n) is 2.51. The van der Waals surface area contributed by atoms with Crippen LogP contribution < -0.4 is 3.61 Å². The van der Waals surface area contributed by atoms with E-state index in [0.29, 0.717) is 0 Å². The van der Waals surface area contributed by atoms with Gasteiger partial charge in [0.15, 0.2) is 0 Å². The summed E-state index contributed by atoms with van der Waals surface area (Å²) in [6.45, 7) is 2.27. The zero-order valence-corrected chi connectivity index (χ0v) is 17.2. The maximum absolute atomic E-state index is 6.63. The molecular formula is C18H30Cl2Te. The van der Waals surface area contributed by atoms with Gasteiger partial charge in [-0.05, 0) is 0 Å². The van der Waals surface area contributed by atoms with Crippen molar-refractivity contribution in [2.45, 2.75) is 75.6 Å². The monoisotopic (exact) mass is 446 g/mol. The van der Waals surface area contributed by atoms with E-state index in [1.165, 1.54) is 67.8 Å². The van der Waals surface area contributed by atoms with Gasteiger partial charge in [-0.25, -0.2) is 0 Å². The molecule has 0 spiro atoms. The SMILES string of the molecule is CCCCCCCCCCCC[Te](Cl)(Cl)c1ccccc1. The quantitative estimate of drug-likeness (QED) is 0.247. The summed E-state index contributed by atoms with van der Waals surface area (Å²) in [6, 6.07) is 10.3. The van der Waals surface area contributed by atoms with Crippen molar-refractivity contribution in [1.29, 1.82) is 0 Å². The van der Waals surface area contributed by atoms with Crippen molar-refractivity contribution in [1.82, 2.24) is 0 Å². The van der Waals surface area contributed by atoms with Crippen LogP contribution in [0.25, 0.3) is 0 Å². The second-order valence-electron chi connectivity index (χ2n) is 5.77. The van der Waals surface area contributed by atoms with Crippen LogP contribution in [0.2, 0.25) is 4.47 Å². The number of rotatable bonds is 12. The topological polar surface area (TPSA) is 0 Å². The van der Waals surface area contributed by atoms with E-state index in [1.54, 1.807) is 0 Å². The van der Waals surface area contributed by atoms with E-state index in [9.17, 15) is 0 Å². The van der Waals surface area contributed by atoms with Gasteiger partial charge in [-0.15, -0.1) is 0 Å². The molecule has 1 aromatic carbocycles. The molecule has 0 aliphatic heterocycles. The standard InChI is InChI=1S/C18H30Cl2Te/c1-2-3-4-5-6-7-8-9-10-14-17-21(19,20)18-15-12-11-13-16-18/h11-13,15-16H,2-10,14,17H2,1H3. The van der Waals surface area contributed by atoms with Crippen molar-refractivity contribution < 1.29 is 0 Å². The number of halogens is 2. The van der Waals surface area contributed by atoms with Gasteiger partial charge >= 0.3 is 143 Å².